The van der Waals surface area contributed by atoms with Crippen LogP contribution in [0.3, 0.4) is 0 Å². The molecule has 1 aromatic rings. The lowest BCUT2D eigenvalue weighted by Crippen LogP contribution is -2.11. The Labute approximate surface area is 120 Å². The Morgan fingerprint density at radius 2 is 1.45 bits per heavy atom. The maximum atomic E-state index is 11.6. The predicted molar refractivity (Wildman–Crippen MR) is 76.9 cm³/mol. The third kappa shape index (κ3) is 5.03. The molecular weight excluding hydrogens is 256 g/mol. The molecule has 0 aliphatic heterocycles. The van der Waals surface area contributed by atoms with Gasteiger partial charge in [-0.3, -0.25) is 9.59 Å². The van der Waals surface area contributed by atoms with Gasteiger partial charge in [0.2, 0.25) is 0 Å². The fourth-order valence-corrected chi connectivity index (χ4v) is 1.69. The van der Waals surface area contributed by atoms with E-state index in [1.165, 1.54) is 0 Å². The summed E-state index contributed by atoms with van der Waals surface area (Å²) in [4.78, 5) is 23.2. The van der Waals surface area contributed by atoms with E-state index in [-0.39, 0.29) is 11.9 Å². The standard InChI is InChI=1S/C16H22O4/c1-4-7-15(17)19-13-10-9-12(6-3)11-14(13)20-16(18)8-5-2/h9-11H,4-8H2,1-3H3. The van der Waals surface area contributed by atoms with E-state index < -0.39 is 0 Å². The average Bonchev–Trinajstić information content (AvgIpc) is 2.41. The molecule has 20 heavy (non-hydrogen) atoms. The zero-order valence-electron chi connectivity index (χ0n) is 12.4. The van der Waals surface area contributed by atoms with Crippen molar-refractivity contribution in [1.29, 1.82) is 0 Å². The van der Waals surface area contributed by atoms with Gasteiger partial charge in [-0.15, -0.1) is 0 Å². The summed E-state index contributed by atoms with van der Waals surface area (Å²) in [6, 6.07) is 5.30. The van der Waals surface area contributed by atoms with Crippen LogP contribution in [0.25, 0.3) is 0 Å². The molecule has 0 amide bonds. The highest BCUT2D eigenvalue weighted by Gasteiger charge is 2.13. The SMILES string of the molecule is CCCC(=O)Oc1ccc(CC)cc1OC(=O)CCC. The van der Waals surface area contributed by atoms with E-state index in [0.29, 0.717) is 24.3 Å². The molecule has 0 saturated heterocycles. The summed E-state index contributed by atoms with van der Waals surface area (Å²) in [6.45, 7) is 5.82. The molecule has 0 saturated carbocycles. The van der Waals surface area contributed by atoms with Crippen LogP contribution in [-0.2, 0) is 16.0 Å². The molecule has 0 atom stereocenters. The first-order valence-electron chi connectivity index (χ1n) is 7.14. The van der Waals surface area contributed by atoms with Gasteiger partial charge in [0.25, 0.3) is 0 Å². The van der Waals surface area contributed by atoms with Gasteiger partial charge in [-0.05, 0) is 37.0 Å². The second-order valence-electron chi connectivity index (χ2n) is 4.58. The van der Waals surface area contributed by atoms with Gasteiger partial charge in [0, 0.05) is 12.8 Å². The van der Waals surface area contributed by atoms with E-state index in [1.54, 1.807) is 12.1 Å². The minimum atomic E-state index is -0.315. The number of aryl methyl sites for hydroxylation is 1. The summed E-state index contributed by atoms with van der Waals surface area (Å²) in [7, 11) is 0. The minimum Gasteiger partial charge on any atom is -0.423 e. The molecule has 0 fully saturated rings. The summed E-state index contributed by atoms with van der Waals surface area (Å²) >= 11 is 0. The minimum absolute atomic E-state index is 0.310. The van der Waals surface area contributed by atoms with Crippen molar-refractivity contribution in [2.45, 2.75) is 52.9 Å². The van der Waals surface area contributed by atoms with E-state index in [1.807, 2.05) is 26.8 Å². The van der Waals surface area contributed by atoms with Crippen LogP contribution in [0, 0.1) is 0 Å². The summed E-state index contributed by atoms with van der Waals surface area (Å²) in [5.74, 6) is 0.00967. The van der Waals surface area contributed by atoms with Crippen LogP contribution >= 0.6 is 0 Å². The smallest absolute Gasteiger partial charge is 0.311 e. The van der Waals surface area contributed by atoms with Crippen molar-refractivity contribution >= 4 is 11.9 Å². The molecule has 4 heteroatoms. The molecule has 1 aromatic carbocycles. The second-order valence-corrected chi connectivity index (χ2v) is 4.58. The van der Waals surface area contributed by atoms with Gasteiger partial charge < -0.3 is 9.47 Å². The fraction of sp³-hybridized carbons (Fsp3) is 0.500. The molecule has 1 rings (SSSR count). The van der Waals surface area contributed by atoms with Gasteiger partial charge in [-0.25, -0.2) is 0 Å². The Hall–Kier alpha value is -1.84. The average molecular weight is 278 g/mol. The Morgan fingerprint density at radius 3 is 1.95 bits per heavy atom. The molecule has 0 N–H and O–H groups in total. The van der Waals surface area contributed by atoms with E-state index in [9.17, 15) is 9.59 Å². The number of rotatable bonds is 7. The molecule has 0 aliphatic carbocycles. The summed E-state index contributed by atoms with van der Waals surface area (Å²) in [5.41, 5.74) is 1.03. The maximum Gasteiger partial charge on any atom is 0.311 e. The van der Waals surface area contributed by atoms with Crippen molar-refractivity contribution in [2.24, 2.45) is 0 Å². The first-order chi connectivity index (χ1) is 9.60. The van der Waals surface area contributed by atoms with Gasteiger partial charge in [0.05, 0.1) is 0 Å². The summed E-state index contributed by atoms with van der Waals surface area (Å²) in [6.07, 6.45) is 2.95. The molecule has 0 heterocycles. The van der Waals surface area contributed by atoms with E-state index in [4.69, 9.17) is 9.47 Å². The molecule has 0 bridgehead atoms. The topological polar surface area (TPSA) is 52.6 Å². The Kier molecular flexibility index (Phi) is 6.77. The highest BCUT2D eigenvalue weighted by Crippen LogP contribution is 2.29. The number of carbonyl (C=O) groups excluding carboxylic acids is 2. The van der Waals surface area contributed by atoms with Crippen LogP contribution in [0.5, 0.6) is 11.5 Å². The zero-order valence-corrected chi connectivity index (χ0v) is 12.4. The molecule has 0 unspecified atom stereocenters. The van der Waals surface area contributed by atoms with Gasteiger partial charge >= 0.3 is 11.9 Å². The Bertz CT molecular complexity index is 466. The van der Waals surface area contributed by atoms with Crippen molar-refractivity contribution in [1.82, 2.24) is 0 Å². The summed E-state index contributed by atoms with van der Waals surface area (Å²) < 4.78 is 10.5. The van der Waals surface area contributed by atoms with E-state index >= 15 is 0 Å². The monoisotopic (exact) mass is 278 g/mol. The van der Waals surface area contributed by atoms with E-state index in [2.05, 4.69) is 0 Å². The van der Waals surface area contributed by atoms with Gasteiger partial charge in [0.1, 0.15) is 0 Å². The molecule has 0 aromatic heterocycles. The molecule has 0 spiro atoms. The van der Waals surface area contributed by atoms with Gasteiger partial charge in [-0.1, -0.05) is 26.8 Å². The lowest BCUT2D eigenvalue weighted by molar-refractivity contribution is -0.137. The van der Waals surface area contributed by atoms with Crippen LogP contribution in [0.2, 0.25) is 0 Å². The third-order valence-electron chi connectivity index (χ3n) is 2.77. The molecule has 4 nitrogen and oxygen atoms in total. The van der Waals surface area contributed by atoms with Crippen molar-refractivity contribution in [2.75, 3.05) is 0 Å². The predicted octanol–water partition coefficient (Wildman–Crippen LogP) is 3.66. The number of ether oxygens (including phenoxy) is 2. The summed E-state index contributed by atoms with van der Waals surface area (Å²) in [5, 5.41) is 0. The number of hydrogen-bond acceptors (Lipinski definition) is 4. The van der Waals surface area contributed by atoms with Gasteiger partial charge in [0.15, 0.2) is 11.5 Å². The van der Waals surface area contributed by atoms with Crippen molar-refractivity contribution in [3.05, 3.63) is 23.8 Å². The first kappa shape index (κ1) is 16.2. The number of hydrogen-bond donors (Lipinski definition) is 0. The van der Waals surface area contributed by atoms with Crippen LogP contribution in [0.15, 0.2) is 18.2 Å². The normalized spacial score (nSPS) is 10.2. The largest absolute Gasteiger partial charge is 0.423 e. The van der Waals surface area contributed by atoms with Crippen LogP contribution in [0.1, 0.15) is 52.0 Å². The molecule has 0 radical (unpaired) electrons. The number of benzene rings is 1. The maximum absolute atomic E-state index is 11.6. The van der Waals surface area contributed by atoms with Crippen LogP contribution in [0.4, 0.5) is 0 Å². The molecule has 110 valence electrons. The van der Waals surface area contributed by atoms with E-state index in [0.717, 1.165) is 24.8 Å². The lowest BCUT2D eigenvalue weighted by Gasteiger charge is -2.11. The molecular formula is C16H22O4. The van der Waals surface area contributed by atoms with Crippen molar-refractivity contribution in [3.8, 4) is 11.5 Å². The quantitative estimate of drug-likeness (QED) is 0.564. The third-order valence-corrected chi connectivity index (χ3v) is 2.77. The van der Waals surface area contributed by atoms with Crippen LogP contribution < -0.4 is 9.47 Å². The fourth-order valence-electron chi connectivity index (χ4n) is 1.69. The highest BCUT2D eigenvalue weighted by molar-refractivity contribution is 5.76. The molecule has 0 aliphatic rings. The Morgan fingerprint density at radius 1 is 0.900 bits per heavy atom. The lowest BCUT2D eigenvalue weighted by atomic mass is 10.1. The van der Waals surface area contributed by atoms with Crippen LogP contribution in [-0.4, -0.2) is 11.9 Å². The Balaban J connectivity index is 2.91. The zero-order chi connectivity index (χ0) is 15.0. The van der Waals surface area contributed by atoms with Gasteiger partial charge in [-0.2, -0.15) is 0 Å². The highest BCUT2D eigenvalue weighted by atomic mass is 16.6. The number of esters is 2. The van der Waals surface area contributed by atoms with Crippen molar-refractivity contribution in [3.63, 3.8) is 0 Å². The number of carbonyl (C=O) groups is 2. The van der Waals surface area contributed by atoms with Crippen molar-refractivity contribution < 1.29 is 19.1 Å². The second kappa shape index (κ2) is 8.35. The first-order valence-corrected chi connectivity index (χ1v) is 7.14.